The Morgan fingerprint density at radius 2 is 2.07 bits per heavy atom. The molecule has 82 valence electrons. The fourth-order valence-corrected chi connectivity index (χ4v) is 1.15. The molecular weight excluding hydrogens is 194 g/mol. The van der Waals surface area contributed by atoms with Crippen molar-refractivity contribution < 1.29 is 9.90 Å². The average Bonchev–Trinajstić information content (AvgIpc) is 2.15. The summed E-state index contributed by atoms with van der Waals surface area (Å²) in [6.07, 6.45) is 0. The maximum Gasteiger partial charge on any atom is 0.312 e. The van der Waals surface area contributed by atoms with Gasteiger partial charge >= 0.3 is 5.97 Å². The van der Waals surface area contributed by atoms with Crippen LogP contribution in [0.15, 0.2) is 6.07 Å². The van der Waals surface area contributed by atoms with Crippen LogP contribution in [0.4, 0.5) is 5.82 Å². The van der Waals surface area contributed by atoms with E-state index in [-0.39, 0.29) is 0 Å². The fourth-order valence-electron chi connectivity index (χ4n) is 1.15. The van der Waals surface area contributed by atoms with Crippen LogP contribution in [0, 0.1) is 6.92 Å². The lowest BCUT2D eigenvalue weighted by Crippen LogP contribution is -2.15. The minimum atomic E-state index is -0.877. The molecule has 0 aliphatic rings. The molecule has 0 saturated carbocycles. The first-order chi connectivity index (χ1) is 6.91. The van der Waals surface area contributed by atoms with E-state index >= 15 is 0 Å². The van der Waals surface area contributed by atoms with E-state index in [0.717, 1.165) is 5.82 Å². The van der Waals surface area contributed by atoms with Crippen LogP contribution in [0.5, 0.6) is 0 Å². The molecule has 1 rings (SSSR count). The molecule has 5 heteroatoms. The molecule has 1 N–H and O–H groups in total. The molecule has 1 atom stereocenters. The molecule has 1 aromatic heterocycles. The van der Waals surface area contributed by atoms with E-state index in [1.165, 1.54) is 0 Å². The first-order valence-electron chi connectivity index (χ1n) is 4.67. The molecule has 0 saturated heterocycles. The van der Waals surface area contributed by atoms with Gasteiger partial charge in [0.1, 0.15) is 11.6 Å². The number of anilines is 1. The molecule has 1 unspecified atom stereocenters. The number of nitrogens with zero attached hydrogens (tertiary/aromatic N) is 3. The molecule has 0 radical (unpaired) electrons. The number of carboxylic acid groups (broad SMARTS) is 1. The molecule has 1 heterocycles. The average molecular weight is 209 g/mol. The van der Waals surface area contributed by atoms with Gasteiger partial charge in [-0.15, -0.1) is 0 Å². The van der Waals surface area contributed by atoms with Crippen LogP contribution in [-0.4, -0.2) is 35.1 Å². The molecule has 0 aliphatic heterocycles. The number of rotatable bonds is 3. The van der Waals surface area contributed by atoms with E-state index in [4.69, 9.17) is 5.11 Å². The number of aryl methyl sites for hydroxylation is 1. The second kappa shape index (κ2) is 4.25. The highest BCUT2D eigenvalue weighted by atomic mass is 16.4. The van der Waals surface area contributed by atoms with Gasteiger partial charge in [0.25, 0.3) is 0 Å². The van der Waals surface area contributed by atoms with Crippen molar-refractivity contribution in [1.29, 1.82) is 0 Å². The monoisotopic (exact) mass is 209 g/mol. The van der Waals surface area contributed by atoms with E-state index in [0.29, 0.717) is 11.5 Å². The highest BCUT2D eigenvalue weighted by molar-refractivity contribution is 5.75. The number of carbonyl (C=O) groups is 1. The molecule has 0 bridgehead atoms. The molecule has 0 amide bonds. The second-order valence-corrected chi connectivity index (χ2v) is 3.65. The number of aliphatic carboxylic acids is 1. The zero-order valence-electron chi connectivity index (χ0n) is 9.35. The molecule has 5 nitrogen and oxygen atoms in total. The van der Waals surface area contributed by atoms with E-state index in [1.54, 1.807) is 19.9 Å². The molecule has 0 aromatic carbocycles. The third kappa shape index (κ3) is 2.65. The summed E-state index contributed by atoms with van der Waals surface area (Å²) in [4.78, 5) is 21.0. The van der Waals surface area contributed by atoms with Crippen LogP contribution in [0.3, 0.4) is 0 Å². The summed E-state index contributed by atoms with van der Waals surface area (Å²) < 4.78 is 0. The summed E-state index contributed by atoms with van der Waals surface area (Å²) in [7, 11) is 3.72. The summed E-state index contributed by atoms with van der Waals surface area (Å²) in [5.74, 6) is -0.168. The highest BCUT2D eigenvalue weighted by Crippen LogP contribution is 2.17. The van der Waals surface area contributed by atoms with Gasteiger partial charge in [-0.3, -0.25) is 4.79 Å². The van der Waals surface area contributed by atoms with Gasteiger partial charge in [0.15, 0.2) is 0 Å². The first-order valence-corrected chi connectivity index (χ1v) is 4.67. The van der Waals surface area contributed by atoms with Gasteiger partial charge in [-0.2, -0.15) is 0 Å². The normalized spacial score (nSPS) is 12.3. The van der Waals surface area contributed by atoms with Gasteiger partial charge in [0.05, 0.1) is 11.6 Å². The first kappa shape index (κ1) is 11.4. The van der Waals surface area contributed by atoms with Crippen molar-refractivity contribution in [3.63, 3.8) is 0 Å². The number of aromatic nitrogens is 2. The molecule has 0 fully saturated rings. The van der Waals surface area contributed by atoms with Crippen molar-refractivity contribution in [2.45, 2.75) is 19.8 Å². The Labute approximate surface area is 88.8 Å². The summed E-state index contributed by atoms with van der Waals surface area (Å²) in [5.41, 5.74) is 0.540. The van der Waals surface area contributed by atoms with Gasteiger partial charge in [-0.1, -0.05) is 0 Å². The van der Waals surface area contributed by atoms with Crippen molar-refractivity contribution >= 4 is 11.8 Å². The summed E-state index contributed by atoms with van der Waals surface area (Å²) in [5, 5.41) is 8.88. The van der Waals surface area contributed by atoms with Gasteiger partial charge in [0, 0.05) is 20.2 Å². The van der Waals surface area contributed by atoms with E-state index in [9.17, 15) is 4.79 Å². The van der Waals surface area contributed by atoms with E-state index in [1.807, 2.05) is 19.0 Å². The number of hydrogen-bond acceptors (Lipinski definition) is 4. The van der Waals surface area contributed by atoms with E-state index in [2.05, 4.69) is 9.97 Å². The maximum absolute atomic E-state index is 10.8. The quantitative estimate of drug-likeness (QED) is 0.805. The number of hydrogen-bond donors (Lipinski definition) is 1. The Hall–Kier alpha value is -1.65. The Morgan fingerprint density at radius 3 is 2.53 bits per heavy atom. The highest BCUT2D eigenvalue weighted by Gasteiger charge is 2.17. The lowest BCUT2D eigenvalue weighted by atomic mass is 10.1. The summed E-state index contributed by atoms with van der Waals surface area (Å²) in [6, 6.07) is 1.70. The lowest BCUT2D eigenvalue weighted by molar-refractivity contribution is -0.138. The Bertz CT molecular complexity index is 377. The molecule has 0 aliphatic carbocycles. The Kier molecular flexibility index (Phi) is 3.24. The predicted molar refractivity (Wildman–Crippen MR) is 57.1 cm³/mol. The summed E-state index contributed by atoms with van der Waals surface area (Å²) in [6.45, 7) is 3.37. The smallest absolute Gasteiger partial charge is 0.312 e. The largest absolute Gasteiger partial charge is 0.481 e. The van der Waals surface area contributed by atoms with Crippen molar-refractivity contribution in [3.8, 4) is 0 Å². The zero-order valence-corrected chi connectivity index (χ0v) is 9.35. The van der Waals surface area contributed by atoms with Crippen molar-refractivity contribution in [1.82, 2.24) is 9.97 Å². The molecular formula is C10H15N3O2. The van der Waals surface area contributed by atoms with Crippen LogP contribution >= 0.6 is 0 Å². The van der Waals surface area contributed by atoms with Crippen molar-refractivity contribution in [2.24, 2.45) is 0 Å². The maximum atomic E-state index is 10.8. The van der Waals surface area contributed by atoms with Gasteiger partial charge in [-0.25, -0.2) is 9.97 Å². The zero-order chi connectivity index (χ0) is 11.6. The lowest BCUT2D eigenvalue weighted by Gasteiger charge is -2.14. The Morgan fingerprint density at radius 1 is 1.47 bits per heavy atom. The standard InChI is InChI=1S/C10H15N3O2/c1-6(10(14)15)8-5-9(13(3)4)12-7(2)11-8/h5-6H,1-4H3,(H,14,15). The van der Waals surface area contributed by atoms with Crippen LogP contribution < -0.4 is 4.90 Å². The van der Waals surface area contributed by atoms with Crippen LogP contribution in [-0.2, 0) is 4.79 Å². The minimum Gasteiger partial charge on any atom is -0.481 e. The second-order valence-electron chi connectivity index (χ2n) is 3.65. The minimum absolute atomic E-state index is 0.540. The fraction of sp³-hybridized carbons (Fsp3) is 0.500. The van der Waals surface area contributed by atoms with Gasteiger partial charge < -0.3 is 10.0 Å². The topological polar surface area (TPSA) is 66.3 Å². The van der Waals surface area contributed by atoms with Crippen LogP contribution in [0.25, 0.3) is 0 Å². The summed E-state index contributed by atoms with van der Waals surface area (Å²) >= 11 is 0. The third-order valence-corrected chi connectivity index (χ3v) is 2.12. The number of carboxylic acids is 1. The predicted octanol–water partition coefficient (Wildman–Crippen LogP) is 1.04. The van der Waals surface area contributed by atoms with E-state index < -0.39 is 11.9 Å². The molecule has 1 aromatic rings. The van der Waals surface area contributed by atoms with Gasteiger partial charge in [-0.05, 0) is 13.8 Å². The third-order valence-electron chi connectivity index (χ3n) is 2.12. The van der Waals surface area contributed by atoms with Crippen molar-refractivity contribution in [3.05, 3.63) is 17.6 Å². The van der Waals surface area contributed by atoms with Gasteiger partial charge in [0.2, 0.25) is 0 Å². The molecule has 15 heavy (non-hydrogen) atoms. The van der Waals surface area contributed by atoms with Crippen molar-refractivity contribution in [2.75, 3.05) is 19.0 Å². The van der Waals surface area contributed by atoms with Crippen LogP contribution in [0.2, 0.25) is 0 Å². The van der Waals surface area contributed by atoms with Crippen LogP contribution in [0.1, 0.15) is 24.4 Å². The molecule has 0 spiro atoms. The SMILES string of the molecule is Cc1nc(C(C)C(=O)O)cc(N(C)C)n1. The Balaban J connectivity index is 3.14.